The van der Waals surface area contributed by atoms with Crippen LogP contribution < -0.4 is 5.32 Å². The van der Waals surface area contributed by atoms with Crippen molar-refractivity contribution in [3.05, 3.63) is 18.0 Å². The summed E-state index contributed by atoms with van der Waals surface area (Å²) >= 11 is 0. The van der Waals surface area contributed by atoms with E-state index in [1.54, 1.807) is 0 Å². The number of hydrogen-bond acceptors (Lipinski definition) is 4. The van der Waals surface area contributed by atoms with E-state index in [1.807, 2.05) is 12.4 Å². The maximum atomic E-state index is 9.43. The molecule has 0 saturated heterocycles. The average Bonchev–Trinajstić information content (AvgIpc) is 2.35. The Labute approximate surface area is 102 Å². The Kier molecular flexibility index (Phi) is 4.31. The lowest BCUT2D eigenvalue weighted by molar-refractivity contribution is 0.126. The number of hydrogen-bond donors (Lipinski definition) is 2. The SMILES string of the molecule is CCCc1cnc(NC2CCC(O)CC2)nc1. The van der Waals surface area contributed by atoms with Crippen molar-refractivity contribution in [3.63, 3.8) is 0 Å². The van der Waals surface area contributed by atoms with E-state index in [9.17, 15) is 5.11 Å². The highest BCUT2D eigenvalue weighted by Crippen LogP contribution is 2.20. The fourth-order valence-electron chi connectivity index (χ4n) is 2.25. The summed E-state index contributed by atoms with van der Waals surface area (Å²) in [6.45, 7) is 2.15. The monoisotopic (exact) mass is 235 g/mol. The molecular formula is C13H21N3O. The first-order valence-corrected chi connectivity index (χ1v) is 6.53. The van der Waals surface area contributed by atoms with Crippen molar-refractivity contribution < 1.29 is 5.11 Å². The van der Waals surface area contributed by atoms with Gasteiger partial charge in [0.1, 0.15) is 0 Å². The summed E-state index contributed by atoms with van der Waals surface area (Å²) in [6.07, 6.45) is 9.61. The van der Waals surface area contributed by atoms with E-state index in [4.69, 9.17) is 0 Å². The molecule has 2 N–H and O–H groups in total. The highest BCUT2D eigenvalue weighted by atomic mass is 16.3. The van der Waals surface area contributed by atoms with Crippen LogP contribution in [0.4, 0.5) is 5.95 Å². The number of nitrogens with one attached hydrogen (secondary N) is 1. The van der Waals surface area contributed by atoms with Crippen molar-refractivity contribution in [2.24, 2.45) is 0 Å². The van der Waals surface area contributed by atoms with Crippen molar-refractivity contribution in [2.75, 3.05) is 5.32 Å². The molecule has 4 heteroatoms. The first-order chi connectivity index (χ1) is 8.28. The lowest BCUT2D eigenvalue weighted by Gasteiger charge is -2.26. The summed E-state index contributed by atoms with van der Waals surface area (Å²) in [5.74, 6) is 0.714. The van der Waals surface area contributed by atoms with Gasteiger partial charge >= 0.3 is 0 Å². The van der Waals surface area contributed by atoms with E-state index >= 15 is 0 Å². The minimum Gasteiger partial charge on any atom is -0.393 e. The van der Waals surface area contributed by atoms with Crippen LogP contribution in [0.2, 0.25) is 0 Å². The Hall–Kier alpha value is -1.16. The highest BCUT2D eigenvalue weighted by molar-refractivity contribution is 5.26. The number of anilines is 1. The molecule has 1 fully saturated rings. The van der Waals surface area contributed by atoms with Crippen LogP contribution in [0.1, 0.15) is 44.6 Å². The molecule has 1 aliphatic carbocycles. The largest absolute Gasteiger partial charge is 0.393 e. The molecule has 0 unspecified atom stereocenters. The van der Waals surface area contributed by atoms with Crippen LogP contribution in [-0.2, 0) is 6.42 Å². The maximum Gasteiger partial charge on any atom is 0.222 e. The first-order valence-electron chi connectivity index (χ1n) is 6.53. The molecule has 94 valence electrons. The van der Waals surface area contributed by atoms with Gasteiger partial charge in [-0.25, -0.2) is 9.97 Å². The van der Waals surface area contributed by atoms with Crippen LogP contribution in [0.5, 0.6) is 0 Å². The van der Waals surface area contributed by atoms with E-state index < -0.39 is 0 Å². The molecule has 0 amide bonds. The molecule has 1 saturated carbocycles. The molecule has 1 aromatic heterocycles. The topological polar surface area (TPSA) is 58.0 Å². The Morgan fingerprint density at radius 1 is 1.24 bits per heavy atom. The molecule has 2 rings (SSSR count). The molecule has 1 aliphatic rings. The molecular weight excluding hydrogens is 214 g/mol. The molecule has 0 radical (unpaired) electrons. The zero-order valence-electron chi connectivity index (χ0n) is 10.4. The molecule has 0 spiro atoms. The Morgan fingerprint density at radius 3 is 2.47 bits per heavy atom. The standard InChI is InChI=1S/C13H21N3O/c1-2-3-10-8-14-13(15-9-10)16-11-4-6-12(17)7-5-11/h8-9,11-12,17H,2-7H2,1H3,(H,14,15,16). The zero-order chi connectivity index (χ0) is 12.1. The van der Waals surface area contributed by atoms with Gasteiger partial charge in [0.2, 0.25) is 5.95 Å². The summed E-state index contributed by atoms with van der Waals surface area (Å²) in [4.78, 5) is 8.65. The van der Waals surface area contributed by atoms with Gasteiger partial charge in [0, 0.05) is 18.4 Å². The number of aliphatic hydroxyl groups excluding tert-OH is 1. The van der Waals surface area contributed by atoms with Gasteiger partial charge in [0.15, 0.2) is 0 Å². The van der Waals surface area contributed by atoms with Gasteiger partial charge < -0.3 is 10.4 Å². The molecule has 0 bridgehead atoms. The second-order valence-corrected chi connectivity index (χ2v) is 4.81. The molecule has 0 aliphatic heterocycles. The third-order valence-electron chi connectivity index (χ3n) is 3.27. The van der Waals surface area contributed by atoms with E-state index in [-0.39, 0.29) is 6.10 Å². The molecule has 0 atom stereocenters. The molecule has 0 aromatic carbocycles. The number of aryl methyl sites for hydroxylation is 1. The Balaban J connectivity index is 1.86. The quantitative estimate of drug-likeness (QED) is 0.839. The van der Waals surface area contributed by atoms with Gasteiger partial charge in [-0.15, -0.1) is 0 Å². The fraction of sp³-hybridized carbons (Fsp3) is 0.692. The Bertz CT molecular complexity index is 331. The fourth-order valence-corrected chi connectivity index (χ4v) is 2.25. The highest BCUT2D eigenvalue weighted by Gasteiger charge is 2.19. The number of rotatable bonds is 4. The number of aromatic nitrogens is 2. The normalized spacial score (nSPS) is 24.6. The minimum atomic E-state index is -0.110. The smallest absolute Gasteiger partial charge is 0.222 e. The van der Waals surface area contributed by atoms with Crippen LogP contribution in [0.25, 0.3) is 0 Å². The number of nitrogens with zero attached hydrogens (tertiary/aromatic N) is 2. The molecule has 4 nitrogen and oxygen atoms in total. The third kappa shape index (κ3) is 3.66. The summed E-state index contributed by atoms with van der Waals surface area (Å²) in [7, 11) is 0. The molecule has 17 heavy (non-hydrogen) atoms. The van der Waals surface area contributed by atoms with Crippen LogP contribution in [-0.4, -0.2) is 27.2 Å². The Morgan fingerprint density at radius 2 is 1.88 bits per heavy atom. The zero-order valence-corrected chi connectivity index (χ0v) is 10.4. The summed E-state index contributed by atoms with van der Waals surface area (Å²) in [5.41, 5.74) is 1.19. The molecule has 1 heterocycles. The van der Waals surface area contributed by atoms with Crippen LogP contribution in [0.3, 0.4) is 0 Å². The van der Waals surface area contributed by atoms with Gasteiger partial charge in [0.25, 0.3) is 0 Å². The van der Waals surface area contributed by atoms with E-state index in [2.05, 4.69) is 22.2 Å². The minimum absolute atomic E-state index is 0.110. The van der Waals surface area contributed by atoms with Crippen LogP contribution in [0, 0.1) is 0 Å². The number of aliphatic hydroxyl groups is 1. The van der Waals surface area contributed by atoms with Gasteiger partial charge in [0.05, 0.1) is 6.10 Å². The van der Waals surface area contributed by atoms with E-state index in [1.165, 1.54) is 5.56 Å². The van der Waals surface area contributed by atoms with Gasteiger partial charge in [-0.3, -0.25) is 0 Å². The predicted octanol–water partition coefficient (Wildman–Crippen LogP) is 2.14. The van der Waals surface area contributed by atoms with Crippen molar-refractivity contribution in [1.29, 1.82) is 0 Å². The van der Waals surface area contributed by atoms with Crippen molar-refractivity contribution in [1.82, 2.24) is 9.97 Å². The van der Waals surface area contributed by atoms with Crippen molar-refractivity contribution in [2.45, 2.75) is 57.6 Å². The summed E-state index contributed by atoms with van der Waals surface area (Å²) in [6, 6.07) is 0.412. The van der Waals surface area contributed by atoms with Gasteiger partial charge in [-0.1, -0.05) is 13.3 Å². The lowest BCUT2D eigenvalue weighted by Crippen LogP contribution is -2.28. The summed E-state index contributed by atoms with van der Waals surface area (Å²) in [5, 5.41) is 12.8. The average molecular weight is 235 g/mol. The van der Waals surface area contributed by atoms with E-state index in [0.29, 0.717) is 12.0 Å². The van der Waals surface area contributed by atoms with Crippen molar-refractivity contribution in [3.8, 4) is 0 Å². The van der Waals surface area contributed by atoms with Crippen LogP contribution >= 0.6 is 0 Å². The van der Waals surface area contributed by atoms with Gasteiger partial charge in [-0.05, 0) is 37.7 Å². The lowest BCUT2D eigenvalue weighted by atomic mass is 9.93. The van der Waals surface area contributed by atoms with Crippen LogP contribution in [0.15, 0.2) is 12.4 Å². The maximum absolute atomic E-state index is 9.43. The van der Waals surface area contributed by atoms with Gasteiger partial charge in [-0.2, -0.15) is 0 Å². The predicted molar refractivity (Wildman–Crippen MR) is 67.9 cm³/mol. The second kappa shape index (κ2) is 5.96. The van der Waals surface area contributed by atoms with E-state index in [0.717, 1.165) is 38.5 Å². The first kappa shape index (κ1) is 12.3. The third-order valence-corrected chi connectivity index (χ3v) is 3.27. The van der Waals surface area contributed by atoms with Crippen molar-refractivity contribution >= 4 is 5.95 Å². The summed E-state index contributed by atoms with van der Waals surface area (Å²) < 4.78 is 0. The molecule has 1 aromatic rings. The second-order valence-electron chi connectivity index (χ2n) is 4.81.